The third-order valence-corrected chi connectivity index (χ3v) is 5.32. The molecule has 0 fully saturated rings. The quantitative estimate of drug-likeness (QED) is 0.642. The summed E-state index contributed by atoms with van der Waals surface area (Å²) in [6, 6.07) is 12.8. The lowest BCUT2D eigenvalue weighted by Gasteiger charge is -2.31. The Balaban J connectivity index is 1.86. The Morgan fingerprint density at radius 3 is 2.81 bits per heavy atom. The van der Waals surface area contributed by atoms with Crippen molar-refractivity contribution in [3.8, 4) is 0 Å². The largest absolute Gasteiger partial charge is 0.465 e. The van der Waals surface area contributed by atoms with Crippen molar-refractivity contribution in [1.82, 2.24) is 10.3 Å². The molecule has 0 aliphatic carbocycles. The summed E-state index contributed by atoms with van der Waals surface area (Å²) in [5.74, 6) is -0.251. The minimum absolute atomic E-state index is 0.245. The molecule has 26 heavy (non-hydrogen) atoms. The SMILES string of the molecule is CCOC(=O)[C@@H]1Cc2c([nH]c3ccccc23)[C@H](c2ccc(Cl)cc2Cl)N1. The van der Waals surface area contributed by atoms with E-state index in [1.54, 1.807) is 12.1 Å². The Kier molecular flexibility index (Phi) is 4.65. The van der Waals surface area contributed by atoms with E-state index >= 15 is 0 Å². The molecule has 0 radical (unpaired) electrons. The van der Waals surface area contributed by atoms with E-state index in [2.05, 4.69) is 16.4 Å². The summed E-state index contributed by atoms with van der Waals surface area (Å²) in [6.07, 6.45) is 0.569. The predicted molar refractivity (Wildman–Crippen MR) is 104 cm³/mol. The van der Waals surface area contributed by atoms with Gasteiger partial charge in [0.05, 0.1) is 12.6 Å². The Bertz CT molecular complexity index is 983. The summed E-state index contributed by atoms with van der Waals surface area (Å²) in [7, 11) is 0. The molecule has 4 nitrogen and oxygen atoms in total. The second-order valence-corrected chi connectivity index (χ2v) is 7.18. The molecule has 6 heteroatoms. The van der Waals surface area contributed by atoms with E-state index in [1.165, 1.54) is 0 Å². The first-order valence-electron chi connectivity index (χ1n) is 8.55. The first kappa shape index (κ1) is 17.4. The lowest BCUT2D eigenvalue weighted by Crippen LogP contribution is -2.45. The van der Waals surface area contributed by atoms with Crippen molar-refractivity contribution < 1.29 is 9.53 Å². The zero-order valence-electron chi connectivity index (χ0n) is 14.2. The highest BCUT2D eigenvalue weighted by molar-refractivity contribution is 6.35. The van der Waals surface area contributed by atoms with Crippen LogP contribution >= 0.6 is 23.2 Å². The smallest absolute Gasteiger partial charge is 0.323 e. The average molecular weight is 389 g/mol. The standard InChI is InChI=1S/C20H18Cl2N2O2/c1-2-26-20(25)17-10-14-12-5-3-4-6-16(12)23-19(14)18(24-17)13-8-7-11(21)9-15(13)22/h3-9,17-18,23-24H,2,10H2,1H3/t17-,18-/m0/s1. The Morgan fingerprint density at radius 2 is 2.04 bits per heavy atom. The van der Waals surface area contributed by atoms with Crippen LogP contribution in [0.5, 0.6) is 0 Å². The van der Waals surface area contributed by atoms with Crippen molar-refractivity contribution in [3.63, 3.8) is 0 Å². The van der Waals surface area contributed by atoms with Gasteiger partial charge in [-0.2, -0.15) is 0 Å². The van der Waals surface area contributed by atoms with Crippen LogP contribution in [-0.4, -0.2) is 23.6 Å². The maximum Gasteiger partial charge on any atom is 0.323 e. The summed E-state index contributed by atoms with van der Waals surface area (Å²) < 4.78 is 5.25. The van der Waals surface area contributed by atoms with Gasteiger partial charge in [-0.1, -0.05) is 47.5 Å². The number of aromatic amines is 1. The Hall–Kier alpha value is -2.01. The molecule has 0 saturated heterocycles. The predicted octanol–water partition coefficient (Wildman–Crippen LogP) is 4.64. The van der Waals surface area contributed by atoms with Gasteiger partial charge >= 0.3 is 5.97 Å². The third-order valence-electron chi connectivity index (χ3n) is 4.76. The number of para-hydroxylation sites is 1. The van der Waals surface area contributed by atoms with Gasteiger partial charge in [-0.3, -0.25) is 10.1 Å². The molecule has 1 aliphatic heterocycles. The molecule has 2 aromatic carbocycles. The number of rotatable bonds is 3. The number of fused-ring (bicyclic) bond motifs is 3. The van der Waals surface area contributed by atoms with Crippen LogP contribution in [0.25, 0.3) is 10.9 Å². The lowest BCUT2D eigenvalue weighted by atomic mass is 9.90. The summed E-state index contributed by atoms with van der Waals surface area (Å²) in [5.41, 5.74) is 4.06. The molecule has 3 aromatic rings. The number of carbonyl (C=O) groups excluding carboxylic acids is 1. The highest BCUT2D eigenvalue weighted by Gasteiger charge is 2.35. The van der Waals surface area contributed by atoms with Gasteiger partial charge in [0.2, 0.25) is 0 Å². The van der Waals surface area contributed by atoms with Crippen LogP contribution in [0, 0.1) is 0 Å². The number of carbonyl (C=O) groups is 1. The van der Waals surface area contributed by atoms with Crippen molar-refractivity contribution in [2.75, 3.05) is 6.61 Å². The van der Waals surface area contributed by atoms with Crippen LogP contribution in [0.1, 0.15) is 29.8 Å². The van der Waals surface area contributed by atoms with Crippen LogP contribution < -0.4 is 5.32 Å². The number of benzene rings is 2. The van der Waals surface area contributed by atoms with Gasteiger partial charge in [-0.25, -0.2) is 0 Å². The Labute approximate surface area is 161 Å². The monoisotopic (exact) mass is 388 g/mol. The highest BCUT2D eigenvalue weighted by atomic mass is 35.5. The van der Waals surface area contributed by atoms with E-state index in [9.17, 15) is 4.79 Å². The fourth-order valence-corrected chi connectivity index (χ4v) is 4.13. The van der Waals surface area contributed by atoms with Crippen molar-refractivity contribution >= 4 is 40.1 Å². The number of aromatic nitrogens is 1. The fraction of sp³-hybridized carbons (Fsp3) is 0.250. The molecule has 4 rings (SSSR count). The number of hydrogen-bond acceptors (Lipinski definition) is 3. The van der Waals surface area contributed by atoms with Gasteiger partial charge in [0.15, 0.2) is 0 Å². The van der Waals surface area contributed by atoms with Gasteiger partial charge in [-0.05, 0) is 36.2 Å². The molecule has 2 N–H and O–H groups in total. The van der Waals surface area contributed by atoms with Gasteiger partial charge in [-0.15, -0.1) is 0 Å². The zero-order valence-corrected chi connectivity index (χ0v) is 15.7. The summed E-state index contributed by atoms with van der Waals surface area (Å²) in [5, 5.41) is 5.65. The first-order valence-corrected chi connectivity index (χ1v) is 9.31. The van der Waals surface area contributed by atoms with Crippen LogP contribution in [0.2, 0.25) is 10.0 Å². The molecule has 0 saturated carbocycles. The minimum atomic E-state index is -0.432. The fourth-order valence-electron chi connectivity index (χ4n) is 3.61. The minimum Gasteiger partial charge on any atom is -0.465 e. The number of ether oxygens (including phenoxy) is 1. The summed E-state index contributed by atoms with van der Waals surface area (Å²) >= 11 is 12.5. The number of H-pyrrole nitrogens is 1. The molecule has 0 unspecified atom stereocenters. The van der Waals surface area contributed by atoms with E-state index in [1.807, 2.05) is 31.2 Å². The zero-order chi connectivity index (χ0) is 18.3. The van der Waals surface area contributed by atoms with Crippen molar-refractivity contribution in [1.29, 1.82) is 0 Å². The third kappa shape index (κ3) is 2.98. The van der Waals surface area contributed by atoms with Crippen molar-refractivity contribution in [2.24, 2.45) is 0 Å². The maximum atomic E-state index is 12.4. The van der Waals surface area contributed by atoms with E-state index in [-0.39, 0.29) is 12.0 Å². The molecule has 1 aromatic heterocycles. The van der Waals surface area contributed by atoms with E-state index in [0.29, 0.717) is 23.1 Å². The molecule has 0 spiro atoms. The van der Waals surface area contributed by atoms with E-state index in [0.717, 1.165) is 27.7 Å². The van der Waals surface area contributed by atoms with E-state index in [4.69, 9.17) is 27.9 Å². The average Bonchev–Trinajstić information content (AvgIpc) is 3.00. The number of halogens is 2. The van der Waals surface area contributed by atoms with Crippen molar-refractivity contribution in [3.05, 3.63) is 69.3 Å². The highest BCUT2D eigenvalue weighted by Crippen LogP contribution is 2.38. The second-order valence-electron chi connectivity index (χ2n) is 6.34. The van der Waals surface area contributed by atoms with Gasteiger partial charge in [0.1, 0.15) is 6.04 Å². The van der Waals surface area contributed by atoms with Crippen LogP contribution in [0.3, 0.4) is 0 Å². The number of nitrogens with one attached hydrogen (secondary N) is 2. The lowest BCUT2D eigenvalue weighted by molar-refractivity contribution is -0.146. The molecule has 0 amide bonds. The molecular weight excluding hydrogens is 371 g/mol. The number of hydrogen-bond donors (Lipinski definition) is 2. The Morgan fingerprint density at radius 1 is 1.23 bits per heavy atom. The van der Waals surface area contributed by atoms with E-state index < -0.39 is 6.04 Å². The molecule has 2 atom stereocenters. The maximum absolute atomic E-state index is 12.4. The van der Waals surface area contributed by atoms with Gasteiger partial charge in [0, 0.05) is 33.1 Å². The second kappa shape index (κ2) is 6.95. The van der Waals surface area contributed by atoms with Crippen LogP contribution in [0.4, 0.5) is 0 Å². The van der Waals surface area contributed by atoms with Gasteiger partial charge in [0.25, 0.3) is 0 Å². The first-order chi connectivity index (χ1) is 12.6. The summed E-state index contributed by atoms with van der Waals surface area (Å²) in [6.45, 7) is 2.16. The van der Waals surface area contributed by atoms with Crippen LogP contribution in [-0.2, 0) is 16.0 Å². The molecular formula is C20H18Cl2N2O2. The molecule has 0 bridgehead atoms. The molecule has 2 heterocycles. The van der Waals surface area contributed by atoms with Crippen LogP contribution in [0.15, 0.2) is 42.5 Å². The summed E-state index contributed by atoms with van der Waals surface area (Å²) in [4.78, 5) is 15.9. The number of esters is 1. The van der Waals surface area contributed by atoms with Gasteiger partial charge < -0.3 is 9.72 Å². The normalized spacial score (nSPS) is 19.3. The molecule has 1 aliphatic rings. The molecule has 134 valence electrons. The topological polar surface area (TPSA) is 54.1 Å². The van der Waals surface area contributed by atoms with Crippen molar-refractivity contribution in [2.45, 2.75) is 25.4 Å².